The monoisotopic (exact) mass is 507 g/mol. The Kier molecular flexibility index (Phi) is 8.31. The second kappa shape index (κ2) is 10.5. The summed E-state index contributed by atoms with van der Waals surface area (Å²) >= 11 is 0. The van der Waals surface area contributed by atoms with Crippen LogP contribution in [0.1, 0.15) is 29.0 Å². The molecular weight excluding hydrogens is 477 g/mol. The van der Waals surface area contributed by atoms with Gasteiger partial charge in [-0.3, -0.25) is 9.79 Å². The third kappa shape index (κ3) is 5.85. The molecule has 0 saturated heterocycles. The third-order valence-corrected chi connectivity index (χ3v) is 5.01. The molecule has 0 aromatic heterocycles. The molecular formula is C22H30IN5O. The van der Waals surface area contributed by atoms with Crippen molar-refractivity contribution in [2.45, 2.75) is 25.8 Å². The van der Waals surface area contributed by atoms with E-state index in [9.17, 15) is 4.79 Å². The summed E-state index contributed by atoms with van der Waals surface area (Å²) in [4.78, 5) is 18.5. The number of hydrogen-bond acceptors (Lipinski definition) is 3. The van der Waals surface area contributed by atoms with Gasteiger partial charge in [0.25, 0.3) is 0 Å². The van der Waals surface area contributed by atoms with E-state index in [0.717, 1.165) is 11.6 Å². The Morgan fingerprint density at radius 1 is 1.21 bits per heavy atom. The van der Waals surface area contributed by atoms with Crippen LogP contribution in [0.2, 0.25) is 0 Å². The highest BCUT2D eigenvalue weighted by atomic mass is 127. The van der Waals surface area contributed by atoms with Crippen molar-refractivity contribution in [3.63, 3.8) is 0 Å². The number of hydrogen-bond donors (Lipinski definition) is 3. The molecule has 0 saturated carbocycles. The van der Waals surface area contributed by atoms with E-state index in [4.69, 9.17) is 0 Å². The summed E-state index contributed by atoms with van der Waals surface area (Å²) in [7, 11) is 5.87. The average molecular weight is 507 g/mol. The molecule has 7 heteroatoms. The van der Waals surface area contributed by atoms with Crippen molar-refractivity contribution in [3.05, 3.63) is 59.2 Å². The van der Waals surface area contributed by atoms with E-state index in [2.05, 4.69) is 71.1 Å². The van der Waals surface area contributed by atoms with Gasteiger partial charge >= 0.3 is 0 Å². The van der Waals surface area contributed by atoms with Gasteiger partial charge in [0, 0.05) is 57.9 Å². The second-order valence-electron chi connectivity index (χ2n) is 7.37. The molecule has 29 heavy (non-hydrogen) atoms. The van der Waals surface area contributed by atoms with Gasteiger partial charge in [0.15, 0.2) is 5.96 Å². The molecule has 0 spiro atoms. The van der Waals surface area contributed by atoms with Crippen molar-refractivity contribution in [1.29, 1.82) is 0 Å². The lowest BCUT2D eigenvalue weighted by Crippen LogP contribution is -2.40. The normalized spacial score (nSPS) is 15.7. The van der Waals surface area contributed by atoms with E-state index in [1.807, 2.05) is 18.2 Å². The van der Waals surface area contributed by atoms with E-state index in [1.54, 1.807) is 7.05 Å². The number of para-hydroxylation sites is 1. The number of halogens is 1. The number of aliphatic imine (C=N–C) groups is 1. The number of amides is 1. The minimum Gasteiger partial charge on any atom is -0.377 e. The molecule has 0 bridgehead atoms. The van der Waals surface area contributed by atoms with Crippen LogP contribution in [-0.4, -0.2) is 39.6 Å². The summed E-state index contributed by atoms with van der Waals surface area (Å²) in [5, 5.41) is 9.71. The Balaban J connectivity index is 0.00000300. The van der Waals surface area contributed by atoms with Crippen LogP contribution >= 0.6 is 24.0 Å². The van der Waals surface area contributed by atoms with Gasteiger partial charge in [-0.05, 0) is 35.7 Å². The molecule has 156 valence electrons. The van der Waals surface area contributed by atoms with Gasteiger partial charge < -0.3 is 20.9 Å². The predicted octanol–water partition coefficient (Wildman–Crippen LogP) is 3.47. The fourth-order valence-electron chi connectivity index (χ4n) is 3.54. The van der Waals surface area contributed by atoms with Gasteiger partial charge in [-0.15, -0.1) is 24.0 Å². The number of guanidine groups is 1. The van der Waals surface area contributed by atoms with E-state index >= 15 is 0 Å². The molecule has 1 amide bonds. The Hall–Kier alpha value is -2.29. The van der Waals surface area contributed by atoms with Gasteiger partial charge in [0.1, 0.15) is 0 Å². The van der Waals surface area contributed by atoms with Crippen LogP contribution < -0.4 is 20.9 Å². The highest BCUT2D eigenvalue weighted by Crippen LogP contribution is 2.31. The number of rotatable bonds is 5. The van der Waals surface area contributed by atoms with Crippen LogP contribution in [0.3, 0.4) is 0 Å². The third-order valence-electron chi connectivity index (χ3n) is 5.01. The van der Waals surface area contributed by atoms with Gasteiger partial charge in [0.2, 0.25) is 5.91 Å². The van der Waals surface area contributed by atoms with Crippen molar-refractivity contribution in [2.75, 3.05) is 37.9 Å². The van der Waals surface area contributed by atoms with Crippen LogP contribution in [0.25, 0.3) is 0 Å². The van der Waals surface area contributed by atoms with Gasteiger partial charge in [-0.1, -0.05) is 30.3 Å². The number of nitrogens with one attached hydrogen (secondary N) is 3. The number of aryl methyl sites for hydroxylation is 1. The lowest BCUT2D eigenvalue weighted by molar-refractivity contribution is -0.116. The predicted molar refractivity (Wildman–Crippen MR) is 132 cm³/mol. The number of carbonyl (C=O) groups is 1. The van der Waals surface area contributed by atoms with Crippen LogP contribution in [-0.2, 0) is 11.3 Å². The highest BCUT2D eigenvalue weighted by molar-refractivity contribution is 14.0. The number of carbonyl (C=O) groups excluding carboxylic acids is 1. The number of fused-ring (bicyclic) bond motifs is 1. The van der Waals surface area contributed by atoms with Gasteiger partial charge in [-0.25, -0.2) is 0 Å². The number of nitrogens with zero attached hydrogens (tertiary/aromatic N) is 2. The van der Waals surface area contributed by atoms with Crippen LogP contribution in [0.15, 0.2) is 47.5 Å². The maximum absolute atomic E-state index is 12.0. The molecule has 1 unspecified atom stereocenters. The Labute approximate surface area is 190 Å². The molecule has 1 aliphatic rings. The first-order valence-corrected chi connectivity index (χ1v) is 9.58. The van der Waals surface area contributed by atoms with E-state index in [0.29, 0.717) is 19.5 Å². The summed E-state index contributed by atoms with van der Waals surface area (Å²) in [5.41, 5.74) is 5.72. The largest absolute Gasteiger partial charge is 0.377 e. The number of benzene rings is 2. The van der Waals surface area contributed by atoms with Gasteiger partial charge in [0.05, 0.1) is 0 Å². The summed E-state index contributed by atoms with van der Waals surface area (Å²) in [5.74, 6) is 0.915. The van der Waals surface area contributed by atoms with Gasteiger partial charge in [-0.2, -0.15) is 0 Å². The summed E-state index contributed by atoms with van der Waals surface area (Å²) < 4.78 is 0. The Bertz CT molecular complexity index is 881. The minimum atomic E-state index is 0. The first-order valence-electron chi connectivity index (χ1n) is 9.58. The summed E-state index contributed by atoms with van der Waals surface area (Å²) in [6, 6.07) is 14.4. The molecule has 2 aromatic carbocycles. The SMILES string of the molecule is CN=C(NCc1ccc(C)cc1N(C)C)NCC1CC(=O)Nc2ccccc21.I. The van der Waals surface area contributed by atoms with Crippen molar-refractivity contribution < 1.29 is 4.79 Å². The second-order valence-corrected chi connectivity index (χ2v) is 7.37. The maximum atomic E-state index is 12.0. The van der Waals surface area contributed by atoms with Crippen LogP contribution in [0.5, 0.6) is 0 Å². The van der Waals surface area contributed by atoms with E-state index < -0.39 is 0 Å². The maximum Gasteiger partial charge on any atom is 0.225 e. The zero-order valence-electron chi connectivity index (χ0n) is 17.5. The minimum absolute atomic E-state index is 0. The standard InChI is InChI=1S/C22H29N5O.HI/c1-15-9-10-16(20(11-15)27(3)4)13-24-22(23-2)25-14-17-12-21(28)26-19-8-6-5-7-18(17)19;/h5-11,17H,12-14H2,1-4H3,(H,26,28)(H2,23,24,25);1H. The molecule has 0 fully saturated rings. The van der Waals surface area contributed by atoms with Crippen LogP contribution in [0.4, 0.5) is 11.4 Å². The molecule has 3 N–H and O–H groups in total. The fraction of sp³-hybridized carbons (Fsp3) is 0.364. The number of anilines is 2. The quantitative estimate of drug-likeness (QED) is 0.330. The molecule has 6 nitrogen and oxygen atoms in total. The first kappa shape index (κ1) is 23.0. The lowest BCUT2D eigenvalue weighted by atomic mass is 9.90. The van der Waals surface area contributed by atoms with Crippen LogP contribution in [0, 0.1) is 6.92 Å². The fourth-order valence-corrected chi connectivity index (χ4v) is 3.54. The summed E-state index contributed by atoms with van der Waals surface area (Å²) in [6.07, 6.45) is 0.476. The zero-order chi connectivity index (χ0) is 20.1. The highest BCUT2D eigenvalue weighted by Gasteiger charge is 2.24. The van der Waals surface area contributed by atoms with Crippen molar-refractivity contribution in [3.8, 4) is 0 Å². The first-order chi connectivity index (χ1) is 13.5. The molecule has 1 atom stereocenters. The Morgan fingerprint density at radius 3 is 2.69 bits per heavy atom. The lowest BCUT2D eigenvalue weighted by Gasteiger charge is -2.26. The summed E-state index contributed by atoms with van der Waals surface area (Å²) in [6.45, 7) is 3.43. The van der Waals surface area contributed by atoms with Crippen molar-refractivity contribution >= 4 is 47.2 Å². The zero-order valence-corrected chi connectivity index (χ0v) is 19.8. The smallest absolute Gasteiger partial charge is 0.225 e. The van der Waals surface area contributed by atoms with E-state index in [-0.39, 0.29) is 35.8 Å². The van der Waals surface area contributed by atoms with Crippen molar-refractivity contribution in [1.82, 2.24) is 10.6 Å². The molecule has 3 rings (SSSR count). The molecule has 1 heterocycles. The topological polar surface area (TPSA) is 68.8 Å². The molecule has 0 aliphatic carbocycles. The average Bonchev–Trinajstić information content (AvgIpc) is 2.68. The molecule has 1 aliphatic heterocycles. The molecule has 0 radical (unpaired) electrons. The molecule has 2 aromatic rings. The van der Waals surface area contributed by atoms with E-state index in [1.165, 1.54) is 22.4 Å². The van der Waals surface area contributed by atoms with Crippen molar-refractivity contribution in [2.24, 2.45) is 4.99 Å². The Morgan fingerprint density at radius 2 is 1.97 bits per heavy atom.